The van der Waals surface area contributed by atoms with Crippen LogP contribution in [0.3, 0.4) is 0 Å². The Kier molecular flexibility index (Phi) is 8.32. The molecule has 2 saturated heterocycles. The summed E-state index contributed by atoms with van der Waals surface area (Å²) in [5.74, 6) is -0.696. The first-order chi connectivity index (χ1) is 20.9. The Labute approximate surface area is 247 Å². The van der Waals surface area contributed by atoms with Crippen LogP contribution >= 0.6 is 0 Å². The lowest BCUT2D eigenvalue weighted by atomic mass is 10.00. The topological polar surface area (TPSA) is 110 Å². The summed E-state index contributed by atoms with van der Waals surface area (Å²) in [5.41, 5.74) is 2.06. The fraction of sp³-hybridized carbons (Fsp3) is 0.433. The fourth-order valence-electron chi connectivity index (χ4n) is 6.00. The number of carbonyl (C=O) groups excluding carboxylic acids is 2. The lowest BCUT2D eigenvalue weighted by Crippen LogP contribution is -2.48. The highest BCUT2D eigenvalue weighted by molar-refractivity contribution is 6.09. The normalized spacial score (nSPS) is 16.6. The molecule has 2 aliphatic rings. The van der Waals surface area contributed by atoms with Gasteiger partial charge in [-0.2, -0.15) is 19.0 Å². The Morgan fingerprint density at radius 3 is 2.67 bits per heavy atom. The Morgan fingerprint density at radius 2 is 1.91 bits per heavy atom. The Balaban J connectivity index is 1.25. The molecule has 1 N–H and O–H groups in total. The number of nitrogens with zero attached hydrogens (tertiary/aromatic N) is 7. The smallest absolute Gasteiger partial charge is 0.387 e. The zero-order valence-corrected chi connectivity index (χ0v) is 24.0. The molecule has 2 amide bonds. The summed E-state index contributed by atoms with van der Waals surface area (Å²) >= 11 is 0. The van der Waals surface area contributed by atoms with Crippen LogP contribution < -0.4 is 10.1 Å². The molecule has 0 unspecified atom stereocenters. The average molecular weight is 593 g/mol. The van der Waals surface area contributed by atoms with E-state index < -0.39 is 12.5 Å². The van der Waals surface area contributed by atoms with Crippen molar-refractivity contribution in [3.05, 3.63) is 60.2 Å². The summed E-state index contributed by atoms with van der Waals surface area (Å²) in [6.07, 6.45) is 11.8. The molecule has 6 rings (SSSR count). The van der Waals surface area contributed by atoms with E-state index in [1.807, 2.05) is 11.8 Å². The molecular formula is C30H34F2N8O3. The molecule has 0 spiro atoms. The second-order valence-corrected chi connectivity index (χ2v) is 11.1. The van der Waals surface area contributed by atoms with Gasteiger partial charge in [-0.05, 0) is 63.9 Å². The van der Waals surface area contributed by atoms with Gasteiger partial charge in [0.05, 0.1) is 11.9 Å². The molecule has 4 aromatic rings. The molecular weight excluding hydrogens is 558 g/mol. The highest BCUT2D eigenvalue weighted by atomic mass is 19.3. The minimum Gasteiger partial charge on any atom is -0.434 e. The molecule has 5 heterocycles. The molecule has 0 aliphatic carbocycles. The summed E-state index contributed by atoms with van der Waals surface area (Å²) in [5, 5.41) is 11.6. The van der Waals surface area contributed by atoms with Gasteiger partial charge in [0, 0.05) is 43.3 Å². The third-order valence-corrected chi connectivity index (χ3v) is 8.16. The number of nitrogens with one attached hydrogen (secondary N) is 1. The number of aryl methyl sites for hydroxylation is 1. The third-order valence-electron chi connectivity index (χ3n) is 8.16. The maximum Gasteiger partial charge on any atom is 0.387 e. The summed E-state index contributed by atoms with van der Waals surface area (Å²) in [6.45, 7) is 2.29. The molecule has 11 nitrogen and oxygen atoms in total. The van der Waals surface area contributed by atoms with Crippen LogP contribution in [0, 0.1) is 6.92 Å². The maximum atomic E-state index is 13.4. The number of halogens is 2. The predicted molar refractivity (Wildman–Crippen MR) is 155 cm³/mol. The zero-order chi connectivity index (χ0) is 29.9. The molecule has 0 bridgehead atoms. The minimum atomic E-state index is -3.05. The number of rotatable bonds is 8. The highest BCUT2D eigenvalue weighted by Crippen LogP contribution is 2.36. The number of carbonyl (C=O) groups is 2. The monoisotopic (exact) mass is 592 g/mol. The predicted octanol–water partition coefficient (Wildman–Crippen LogP) is 4.23. The maximum absolute atomic E-state index is 13.4. The minimum absolute atomic E-state index is 0.0631. The number of fused-ring (bicyclic) bond motifs is 1. The molecule has 226 valence electrons. The van der Waals surface area contributed by atoms with Crippen molar-refractivity contribution in [2.24, 2.45) is 0 Å². The number of hydrogen-bond acceptors (Lipinski definition) is 7. The summed E-state index contributed by atoms with van der Waals surface area (Å²) in [4.78, 5) is 35.4. The Hall–Kier alpha value is -4.39. The van der Waals surface area contributed by atoms with Crippen molar-refractivity contribution < 1.29 is 23.1 Å². The first kappa shape index (κ1) is 28.7. The van der Waals surface area contributed by atoms with Crippen molar-refractivity contribution in [3.8, 4) is 17.0 Å². The molecule has 3 aromatic heterocycles. The number of anilines is 1. The van der Waals surface area contributed by atoms with Crippen LogP contribution in [0.2, 0.25) is 0 Å². The zero-order valence-electron chi connectivity index (χ0n) is 24.0. The molecule has 13 heteroatoms. The van der Waals surface area contributed by atoms with Gasteiger partial charge in [0.2, 0.25) is 5.91 Å². The Bertz CT molecular complexity index is 1610. The number of likely N-dealkylation sites (tertiary alicyclic amines) is 2. The lowest BCUT2D eigenvalue weighted by molar-refractivity contribution is -0.133. The van der Waals surface area contributed by atoms with Gasteiger partial charge in [0.1, 0.15) is 23.6 Å². The van der Waals surface area contributed by atoms with E-state index in [0.29, 0.717) is 24.8 Å². The van der Waals surface area contributed by atoms with E-state index in [-0.39, 0.29) is 40.7 Å². The van der Waals surface area contributed by atoms with Gasteiger partial charge in [-0.15, -0.1) is 0 Å². The van der Waals surface area contributed by atoms with Crippen molar-refractivity contribution in [1.82, 2.24) is 34.2 Å². The molecule has 0 radical (unpaired) electrons. The number of piperidine rings is 2. The van der Waals surface area contributed by atoms with Gasteiger partial charge >= 0.3 is 6.61 Å². The second kappa shape index (κ2) is 12.5. The Morgan fingerprint density at radius 1 is 1.12 bits per heavy atom. The second-order valence-electron chi connectivity index (χ2n) is 11.1. The van der Waals surface area contributed by atoms with Crippen molar-refractivity contribution in [2.45, 2.75) is 58.2 Å². The van der Waals surface area contributed by atoms with Gasteiger partial charge in [-0.1, -0.05) is 18.1 Å². The molecule has 2 fully saturated rings. The number of hydrogen-bond donors (Lipinski definition) is 1. The molecule has 1 aromatic carbocycles. The number of alkyl halides is 2. The van der Waals surface area contributed by atoms with E-state index >= 15 is 0 Å². The van der Waals surface area contributed by atoms with Gasteiger partial charge in [0.25, 0.3) is 5.91 Å². The first-order valence-corrected chi connectivity index (χ1v) is 14.6. The van der Waals surface area contributed by atoms with Gasteiger partial charge in [-0.25, -0.2) is 9.50 Å². The fourth-order valence-corrected chi connectivity index (χ4v) is 6.00. The quantitative estimate of drug-likeness (QED) is 0.326. The van der Waals surface area contributed by atoms with Gasteiger partial charge in [-0.3, -0.25) is 14.3 Å². The van der Waals surface area contributed by atoms with Crippen LogP contribution in [0.1, 0.15) is 48.0 Å². The number of ether oxygens (including phenoxy) is 1. The third kappa shape index (κ3) is 6.36. The van der Waals surface area contributed by atoms with Crippen molar-refractivity contribution >= 4 is 23.1 Å². The molecule has 2 aliphatic heterocycles. The van der Waals surface area contributed by atoms with Crippen LogP contribution in [0.25, 0.3) is 16.9 Å². The number of aromatic nitrogens is 5. The molecule has 0 saturated carbocycles. The van der Waals surface area contributed by atoms with Crippen LogP contribution in [-0.4, -0.2) is 84.8 Å². The average Bonchev–Trinajstić information content (AvgIpc) is 3.62. The summed E-state index contributed by atoms with van der Waals surface area (Å²) < 4.78 is 34.3. The van der Waals surface area contributed by atoms with Crippen LogP contribution in [-0.2, 0) is 11.3 Å². The van der Waals surface area contributed by atoms with Crippen molar-refractivity contribution in [3.63, 3.8) is 0 Å². The summed E-state index contributed by atoms with van der Waals surface area (Å²) in [6, 6.07) is 6.95. The van der Waals surface area contributed by atoms with E-state index in [2.05, 4.69) is 25.4 Å². The lowest BCUT2D eigenvalue weighted by Gasteiger charge is -2.40. The number of benzene rings is 1. The standard InChI is InChI=1S/C30H34F2N8O3/c1-20-6-7-25(43-30(31)32)22(16-20)27-24(35-29(42)23-17-34-40-13-5-10-33-28(23)40)18-39(36-27)19-26(41)38-14-8-21(9-15-38)37-11-3-2-4-12-37/h5-7,10,13,16-18,21,30H,2-4,8-9,11-12,14-15,19H2,1H3,(H,35,42). The van der Waals surface area contributed by atoms with E-state index in [4.69, 9.17) is 4.74 Å². The van der Waals surface area contributed by atoms with Crippen LogP contribution in [0.15, 0.2) is 49.1 Å². The van der Waals surface area contributed by atoms with E-state index in [0.717, 1.165) is 31.5 Å². The van der Waals surface area contributed by atoms with Gasteiger partial charge in [0.15, 0.2) is 5.65 Å². The molecule has 43 heavy (non-hydrogen) atoms. The molecule has 0 atom stereocenters. The van der Waals surface area contributed by atoms with Crippen LogP contribution in [0.5, 0.6) is 5.75 Å². The van der Waals surface area contributed by atoms with Crippen molar-refractivity contribution in [2.75, 3.05) is 31.5 Å². The SMILES string of the molecule is Cc1ccc(OC(F)F)c(-c2nn(CC(=O)N3CCC(N4CCCCC4)CC3)cc2NC(=O)c2cnn3cccnc23)c1. The highest BCUT2D eigenvalue weighted by Gasteiger charge is 2.28. The van der Waals surface area contributed by atoms with E-state index in [1.165, 1.54) is 40.7 Å². The van der Waals surface area contributed by atoms with E-state index in [9.17, 15) is 18.4 Å². The number of amides is 2. The first-order valence-electron chi connectivity index (χ1n) is 14.6. The summed E-state index contributed by atoms with van der Waals surface area (Å²) in [7, 11) is 0. The van der Waals surface area contributed by atoms with Gasteiger partial charge < -0.3 is 19.9 Å². The van der Waals surface area contributed by atoms with Crippen LogP contribution in [0.4, 0.5) is 14.5 Å². The van der Waals surface area contributed by atoms with Crippen molar-refractivity contribution in [1.29, 1.82) is 0 Å². The van der Waals surface area contributed by atoms with E-state index in [1.54, 1.807) is 36.8 Å². The largest absolute Gasteiger partial charge is 0.434 e.